The van der Waals surface area contributed by atoms with Crippen LogP contribution in [0.1, 0.15) is 18.4 Å². The number of hydrogen-bond donors (Lipinski definition) is 3. The monoisotopic (exact) mass is 743 g/mol. The first kappa shape index (κ1) is 28.5. The fourth-order valence-electron chi connectivity index (χ4n) is 3.40. The van der Waals surface area contributed by atoms with Crippen LogP contribution in [0, 0.1) is 0 Å². The highest BCUT2D eigenvalue weighted by molar-refractivity contribution is 9.12. The van der Waals surface area contributed by atoms with E-state index in [0.717, 1.165) is 21.9 Å². The zero-order valence-electron chi connectivity index (χ0n) is 19.0. The molecule has 3 N–H and O–H groups in total. The maximum atomic E-state index is 12.6. The van der Waals surface area contributed by atoms with Crippen LogP contribution in [0.15, 0.2) is 47.2 Å². The molecule has 1 aromatic rings. The molecule has 2 aliphatic heterocycles. The Morgan fingerprint density at radius 2 is 1.97 bits per heavy atom. The SMILES string of the molecule is CNCCc1cc(Br)c(OCCCNC(=O)C2=NO[C@@]3(CC(Br)=C(OC)C(Br)=CO3)[C@H]2O)c(Br)c1. The molecule has 35 heavy (non-hydrogen) atoms. The lowest BCUT2D eigenvalue weighted by Gasteiger charge is -2.27. The quantitative estimate of drug-likeness (QED) is 0.308. The number of nitrogens with one attached hydrogen (secondary N) is 2. The summed E-state index contributed by atoms with van der Waals surface area (Å²) in [5, 5.41) is 20.5. The van der Waals surface area contributed by atoms with Crippen LogP contribution in [-0.4, -0.2) is 62.5 Å². The summed E-state index contributed by atoms with van der Waals surface area (Å²) >= 11 is 13.9. The molecule has 1 aromatic carbocycles. The zero-order valence-corrected chi connectivity index (χ0v) is 25.3. The van der Waals surface area contributed by atoms with Crippen LogP contribution >= 0.6 is 63.7 Å². The summed E-state index contributed by atoms with van der Waals surface area (Å²) in [6.07, 6.45) is 1.45. The Balaban J connectivity index is 1.49. The van der Waals surface area contributed by atoms with Crippen molar-refractivity contribution in [3.05, 3.63) is 47.6 Å². The molecule has 9 nitrogen and oxygen atoms in total. The molecular formula is C22H25Br4N3O6. The van der Waals surface area contributed by atoms with Crippen molar-refractivity contribution in [2.24, 2.45) is 5.16 Å². The van der Waals surface area contributed by atoms with Gasteiger partial charge in [0.05, 0.1) is 33.6 Å². The highest BCUT2D eigenvalue weighted by Crippen LogP contribution is 2.41. The number of likely N-dealkylation sites (N-methyl/N-ethyl adjacent to an activating group) is 1. The fraction of sp³-hybridized carbons (Fsp3) is 0.455. The third kappa shape index (κ3) is 6.80. The van der Waals surface area contributed by atoms with Crippen molar-refractivity contribution in [3.63, 3.8) is 0 Å². The van der Waals surface area contributed by atoms with E-state index in [9.17, 15) is 9.90 Å². The lowest BCUT2D eigenvalue weighted by molar-refractivity contribution is -0.225. The Bertz CT molecular complexity index is 1030. The summed E-state index contributed by atoms with van der Waals surface area (Å²) < 4.78 is 19.7. The van der Waals surface area contributed by atoms with Gasteiger partial charge >= 0.3 is 5.79 Å². The highest BCUT2D eigenvalue weighted by atomic mass is 79.9. The molecule has 2 heterocycles. The smallest absolute Gasteiger partial charge is 0.311 e. The lowest BCUT2D eigenvalue weighted by Crippen LogP contribution is -2.49. The molecule has 0 saturated heterocycles. The average Bonchev–Trinajstić information content (AvgIpc) is 3.06. The van der Waals surface area contributed by atoms with E-state index in [1.807, 2.05) is 19.2 Å². The number of carbonyl (C=O) groups is 1. The molecule has 2 aliphatic rings. The Labute approximate surface area is 237 Å². The number of halogens is 4. The van der Waals surface area contributed by atoms with Gasteiger partial charge in [0, 0.05) is 11.0 Å². The molecule has 3 rings (SSSR count). The van der Waals surface area contributed by atoms with E-state index >= 15 is 0 Å². The van der Waals surface area contributed by atoms with Crippen molar-refractivity contribution < 1.29 is 28.9 Å². The van der Waals surface area contributed by atoms with Crippen LogP contribution in [-0.2, 0) is 25.5 Å². The molecule has 0 saturated carbocycles. The topological polar surface area (TPSA) is 111 Å². The molecule has 1 amide bonds. The number of nitrogens with zero attached hydrogens (tertiary/aromatic N) is 1. The van der Waals surface area contributed by atoms with Crippen LogP contribution in [0.5, 0.6) is 5.75 Å². The van der Waals surface area contributed by atoms with Gasteiger partial charge in [-0.05, 0) is 91.9 Å². The van der Waals surface area contributed by atoms with E-state index in [0.29, 0.717) is 40.0 Å². The fourth-order valence-corrected chi connectivity index (χ4v) is 6.44. The maximum Gasteiger partial charge on any atom is 0.311 e. The lowest BCUT2D eigenvalue weighted by atomic mass is 10.0. The van der Waals surface area contributed by atoms with E-state index in [1.165, 1.54) is 18.9 Å². The minimum atomic E-state index is -1.58. The zero-order chi connectivity index (χ0) is 25.6. The molecule has 13 heteroatoms. The van der Waals surface area contributed by atoms with E-state index in [1.54, 1.807) is 0 Å². The van der Waals surface area contributed by atoms with Gasteiger partial charge in [-0.3, -0.25) is 4.79 Å². The first-order valence-corrected chi connectivity index (χ1v) is 13.8. The van der Waals surface area contributed by atoms with Crippen molar-refractivity contribution in [3.8, 4) is 5.75 Å². The first-order valence-electron chi connectivity index (χ1n) is 10.7. The Morgan fingerprint density at radius 1 is 1.26 bits per heavy atom. The van der Waals surface area contributed by atoms with Crippen LogP contribution in [0.2, 0.25) is 0 Å². The van der Waals surface area contributed by atoms with Gasteiger partial charge in [0.15, 0.2) is 11.8 Å². The number of methoxy groups -OCH3 is 1. The molecule has 0 fully saturated rings. The normalized spacial score (nSPS) is 21.6. The summed E-state index contributed by atoms with van der Waals surface area (Å²) in [6.45, 7) is 1.58. The molecule has 2 atom stereocenters. The summed E-state index contributed by atoms with van der Waals surface area (Å²) in [5.41, 5.74) is 1.01. The number of benzene rings is 1. The molecule has 192 valence electrons. The van der Waals surface area contributed by atoms with E-state index in [4.69, 9.17) is 19.0 Å². The second-order valence-electron chi connectivity index (χ2n) is 7.68. The van der Waals surface area contributed by atoms with Crippen LogP contribution in [0.4, 0.5) is 0 Å². The average molecular weight is 747 g/mol. The molecule has 0 unspecified atom stereocenters. The summed E-state index contributed by atoms with van der Waals surface area (Å²) in [5.74, 6) is -0.935. The van der Waals surface area contributed by atoms with Crippen molar-refractivity contribution in [1.82, 2.24) is 10.6 Å². The van der Waals surface area contributed by atoms with Gasteiger partial charge in [-0.25, -0.2) is 0 Å². The number of amides is 1. The van der Waals surface area contributed by atoms with Gasteiger partial charge in [0.1, 0.15) is 17.8 Å². The number of rotatable bonds is 10. The van der Waals surface area contributed by atoms with Crippen LogP contribution in [0.3, 0.4) is 0 Å². The third-order valence-corrected chi connectivity index (χ3v) is 7.58. The number of oxime groups is 1. The molecule has 0 aromatic heterocycles. The van der Waals surface area contributed by atoms with Gasteiger partial charge in [-0.1, -0.05) is 21.1 Å². The molecular weight excluding hydrogens is 722 g/mol. The Kier molecular flexibility index (Phi) is 10.5. The van der Waals surface area contributed by atoms with Gasteiger partial charge in [0.2, 0.25) is 0 Å². The number of aliphatic hydroxyl groups is 1. The largest absolute Gasteiger partial charge is 0.495 e. The van der Waals surface area contributed by atoms with Gasteiger partial charge in [0.25, 0.3) is 5.91 Å². The highest BCUT2D eigenvalue weighted by Gasteiger charge is 2.54. The van der Waals surface area contributed by atoms with Crippen molar-refractivity contribution in [2.45, 2.75) is 31.2 Å². The number of carbonyl (C=O) groups excluding carboxylic acids is 1. The van der Waals surface area contributed by atoms with Gasteiger partial charge in [-0.15, -0.1) is 0 Å². The van der Waals surface area contributed by atoms with Crippen molar-refractivity contribution in [2.75, 3.05) is 33.9 Å². The van der Waals surface area contributed by atoms with E-state index in [2.05, 4.69) is 79.5 Å². The first-order chi connectivity index (χ1) is 16.7. The van der Waals surface area contributed by atoms with Crippen LogP contribution < -0.4 is 15.4 Å². The predicted molar refractivity (Wildman–Crippen MR) is 146 cm³/mol. The predicted octanol–water partition coefficient (Wildman–Crippen LogP) is 4.21. The molecule has 1 spiro atoms. The summed E-state index contributed by atoms with van der Waals surface area (Å²) in [4.78, 5) is 18.0. The van der Waals surface area contributed by atoms with Gasteiger partial charge in [-0.2, -0.15) is 0 Å². The Morgan fingerprint density at radius 3 is 2.63 bits per heavy atom. The van der Waals surface area contributed by atoms with Gasteiger partial charge < -0.3 is 34.8 Å². The number of hydrogen-bond acceptors (Lipinski definition) is 8. The minimum absolute atomic E-state index is 0.0779. The van der Waals surface area contributed by atoms with Crippen molar-refractivity contribution in [1.29, 1.82) is 0 Å². The number of aliphatic hydroxyl groups excluding tert-OH is 1. The number of allylic oxidation sites excluding steroid dienone is 1. The summed E-state index contributed by atoms with van der Waals surface area (Å²) in [6, 6.07) is 4.06. The van der Waals surface area contributed by atoms with E-state index < -0.39 is 17.8 Å². The second-order valence-corrected chi connectivity index (χ2v) is 11.2. The molecule has 0 aliphatic carbocycles. The summed E-state index contributed by atoms with van der Waals surface area (Å²) in [7, 11) is 3.42. The minimum Gasteiger partial charge on any atom is -0.495 e. The Hall–Kier alpha value is -1.12. The molecule has 0 bridgehead atoms. The molecule has 0 radical (unpaired) electrons. The standard InChI is InChI=1S/C22H25Br4N3O6/c1-27-6-4-12-8-13(23)19(14(24)9-12)33-7-3-5-28-21(31)17-20(30)22(35-29-17)10-15(25)18(32-2)16(26)11-34-22/h8-9,11,20,27,30H,3-7,10H2,1-2H3,(H,28,31)/t20-,22-/m0/s1. The van der Waals surface area contributed by atoms with E-state index in [-0.39, 0.29) is 12.1 Å². The van der Waals surface area contributed by atoms with Crippen LogP contribution in [0.25, 0.3) is 0 Å². The maximum absolute atomic E-state index is 12.6. The number of ether oxygens (including phenoxy) is 3. The second kappa shape index (κ2) is 12.9. The third-order valence-electron chi connectivity index (χ3n) is 5.21. The van der Waals surface area contributed by atoms with Crippen molar-refractivity contribution >= 4 is 75.3 Å².